The third-order valence-corrected chi connectivity index (χ3v) is 4.79. The zero-order valence-corrected chi connectivity index (χ0v) is 15.9. The van der Waals surface area contributed by atoms with E-state index >= 15 is 0 Å². The summed E-state index contributed by atoms with van der Waals surface area (Å²) in [6.07, 6.45) is 1.57. The summed E-state index contributed by atoms with van der Waals surface area (Å²) in [5.41, 5.74) is 1.56. The number of likely N-dealkylation sites (N-methyl/N-ethyl adjacent to an activating group) is 1. The van der Waals surface area contributed by atoms with E-state index < -0.39 is 0 Å². The van der Waals surface area contributed by atoms with E-state index in [9.17, 15) is 9.59 Å². The largest absolute Gasteiger partial charge is 0.333 e. The van der Waals surface area contributed by atoms with Crippen LogP contribution in [-0.4, -0.2) is 50.3 Å². The third kappa shape index (κ3) is 5.47. The minimum Gasteiger partial charge on any atom is -0.333 e. The van der Waals surface area contributed by atoms with Gasteiger partial charge in [0.2, 0.25) is 11.8 Å². The molecule has 0 aliphatic rings. The number of aryl methyl sites for hydroxylation is 2. The van der Waals surface area contributed by atoms with Crippen LogP contribution in [0.5, 0.6) is 0 Å². The Labute approximate surface area is 155 Å². The molecule has 0 atom stereocenters. The molecule has 1 N–H and O–H groups in total. The molecule has 0 saturated carbocycles. The van der Waals surface area contributed by atoms with Crippen molar-refractivity contribution in [2.75, 3.05) is 24.2 Å². The molecule has 2 amide bonds. The summed E-state index contributed by atoms with van der Waals surface area (Å²) in [4.78, 5) is 26.1. The van der Waals surface area contributed by atoms with E-state index in [1.165, 1.54) is 16.7 Å². The molecular formula is C16H20ClN5O2S. The summed E-state index contributed by atoms with van der Waals surface area (Å²) in [5, 5.41) is 11.7. The Kier molecular flexibility index (Phi) is 6.83. The average Bonchev–Trinajstić information content (AvgIpc) is 2.99. The molecule has 0 saturated heterocycles. The molecule has 9 heteroatoms. The van der Waals surface area contributed by atoms with Gasteiger partial charge in [0.1, 0.15) is 6.33 Å². The smallest absolute Gasteiger partial charge is 0.244 e. The fraction of sp³-hybridized carbons (Fsp3) is 0.375. The van der Waals surface area contributed by atoms with Crippen molar-refractivity contribution in [2.24, 2.45) is 7.05 Å². The molecule has 25 heavy (non-hydrogen) atoms. The van der Waals surface area contributed by atoms with Crippen LogP contribution in [0.3, 0.4) is 0 Å². The summed E-state index contributed by atoms with van der Waals surface area (Å²) in [6, 6.07) is 5.28. The van der Waals surface area contributed by atoms with Crippen LogP contribution in [0.1, 0.15) is 12.5 Å². The van der Waals surface area contributed by atoms with Gasteiger partial charge in [-0.2, -0.15) is 0 Å². The number of nitrogens with zero attached hydrogens (tertiary/aromatic N) is 4. The van der Waals surface area contributed by atoms with Crippen LogP contribution in [0.15, 0.2) is 29.7 Å². The fourth-order valence-corrected chi connectivity index (χ4v) is 3.05. The normalized spacial score (nSPS) is 10.6. The molecule has 0 radical (unpaired) electrons. The molecule has 1 heterocycles. The Morgan fingerprint density at radius 2 is 2.16 bits per heavy atom. The van der Waals surface area contributed by atoms with Crippen LogP contribution in [0.2, 0.25) is 5.02 Å². The summed E-state index contributed by atoms with van der Waals surface area (Å²) in [6.45, 7) is 4.15. The zero-order valence-electron chi connectivity index (χ0n) is 14.3. The maximum absolute atomic E-state index is 12.3. The van der Waals surface area contributed by atoms with E-state index in [2.05, 4.69) is 15.5 Å². The highest BCUT2D eigenvalue weighted by atomic mass is 35.5. The van der Waals surface area contributed by atoms with Gasteiger partial charge in [0.05, 0.1) is 12.3 Å². The second-order valence-electron chi connectivity index (χ2n) is 5.43. The summed E-state index contributed by atoms with van der Waals surface area (Å²) >= 11 is 7.24. The van der Waals surface area contributed by atoms with Crippen molar-refractivity contribution in [3.05, 3.63) is 35.1 Å². The summed E-state index contributed by atoms with van der Waals surface area (Å²) < 4.78 is 1.74. The fourth-order valence-electron chi connectivity index (χ4n) is 2.09. The maximum atomic E-state index is 12.3. The lowest BCUT2D eigenvalue weighted by Gasteiger charge is -2.20. The molecule has 1 aromatic carbocycles. The van der Waals surface area contributed by atoms with Crippen molar-refractivity contribution in [1.82, 2.24) is 19.7 Å². The first-order valence-electron chi connectivity index (χ1n) is 7.71. The average molecular weight is 382 g/mol. The number of benzene rings is 1. The Bertz CT molecular complexity index is 765. The van der Waals surface area contributed by atoms with E-state index in [0.717, 1.165) is 5.56 Å². The van der Waals surface area contributed by atoms with Gasteiger partial charge < -0.3 is 14.8 Å². The van der Waals surface area contributed by atoms with Crippen LogP contribution in [0.4, 0.5) is 5.69 Å². The van der Waals surface area contributed by atoms with Gasteiger partial charge in [-0.1, -0.05) is 29.4 Å². The van der Waals surface area contributed by atoms with Crippen molar-refractivity contribution < 1.29 is 9.59 Å². The molecule has 2 aromatic rings. The van der Waals surface area contributed by atoms with E-state index in [4.69, 9.17) is 11.6 Å². The quantitative estimate of drug-likeness (QED) is 0.744. The second-order valence-corrected chi connectivity index (χ2v) is 6.81. The van der Waals surface area contributed by atoms with E-state index in [-0.39, 0.29) is 24.1 Å². The standard InChI is InChI=1S/C16H20ClN5O2S/c1-4-22(15(24)9-25-16-20-18-10-21(16)3)8-14(23)19-13-7-12(17)6-5-11(13)2/h5-7,10H,4,8-9H2,1-3H3,(H,19,23). The number of carbonyl (C=O) groups is 2. The van der Waals surface area contributed by atoms with Crippen LogP contribution in [0, 0.1) is 6.92 Å². The van der Waals surface area contributed by atoms with Gasteiger partial charge in [-0.15, -0.1) is 10.2 Å². The first kappa shape index (κ1) is 19.3. The van der Waals surface area contributed by atoms with Crippen LogP contribution < -0.4 is 5.32 Å². The molecule has 0 aliphatic heterocycles. The number of nitrogens with one attached hydrogen (secondary N) is 1. The van der Waals surface area contributed by atoms with E-state index in [0.29, 0.717) is 22.4 Å². The molecule has 0 fully saturated rings. The van der Waals surface area contributed by atoms with Gasteiger partial charge >= 0.3 is 0 Å². The molecule has 0 aliphatic carbocycles. The monoisotopic (exact) mass is 381 g/mol. The molecule has 134 valence electrons. The van der Waals surface area contributed by atoms with Crippen LogP contribution >= 0.6 is 23.4 Å². The number of rotatable bonds is 7. The Hall–Kier alpha value is -2.06. The number of halogens is 1. The lowest BCUT2D eigenvalue weighted by molar-refractivity contribution is -0.132. The number of thioether (sulfide) groups is 1. The lowest BCUT2D eigenvalue weighted by atomic mass is 10.2. The number of amides is 2. The zero-order chi connectivity index (χ0) is 18.4. The number of carbonyl (C=O) groups excluding carboxylic acids is 2. The third-order valence-electron chi connectivity index (χ3n) is 3.54. The van der Waals surface area contributed by atoms with Gasteiger partial charge in [0.25, 0.3) is 0 Å². The van der Waals surface area contributed by atoms with Gasteiger partial charge in [0, 0.05) is 24.3 Å². The van der Waals surface area contributed by atoms with Crippen LogP contribution in [0.25, 0.3) is 0 Å². The van der Waals surface area contributed by atoms with E-state index in [1.54, 1.807) is 23.0 Å². The van der Waals surface area contributed by atoms with Crippen molar-refractivity contribution in [3.63, 3.8) is 0 Å². The summed E-state index contributed by atoms with van der Waals surface area (Å²) in [5.74, 6) is -0.193. The Balaban J connectivity index is 1.91. The maximum Gasteiger partial charge on any atom is 0.244 e. The number of hydrogen-bond donors (Lipinski definition) is 1. The predicted octanol–water partition coefficient (Wildman–Crippen LogP) is 2.36. The molecule has 0 unspecified atom stereocenters. The van der Waals surface area contributed by atoms with Crippen molar-refractivity contribution in [3.8, 4) is 0 Å². The minimum absolute atomic E-state index is 0.0132. The highest BCUT2D eigenvalue weighted by molar-refractivity contribution is 7.99. The summed E-state index contributed by atoms with van der Waals surface area (Å²) in [7, 11) is 1.81. The molecule has 0 spiro atoms. The highest BCUT2D eigenvalue weighted by Crippen LogP contribution is 2.20. The molecule has 7 nitrogen and oxygen atoms in total. The van der Waals surface area contributed by atoms with Gasteiger partial charge in [0.15, 0.2) is 5.16 Å². The van der Waals surface area contributed by atoms with Crippen molar-refractivity contribution in [2.45, 2.75) is 19.0 Å². The van der Waals surface area contributed by atoms with Gasteiger partial charge in [-0.3, -0.25) is 9.59 Å². The van der Waals surface area contributed by atoms with Gasteiger partial charge in [-0.25, -0.2) is 0 Å². The minimum atomic E-state index is -0.260. The number of anilines is 1. The lowest BCUT2D eigenvalue weighted by Crippen LogP contribution is -2.39. The molecular weight excluding hydrogens is 362 g/mol. The number of aromatic nitrogens is 3. The Morgan fingerprint density at radius 1 is 1.40 bits per heavy atom. The first-order valence-corrected chi connectivity index (χ1v) is 9.07. The molecule has 0 bridgehead atoms. The second kappa shape index (κ2) is 8.87. The topological polar surface area (TPSA) is 80.1 Å². The van der Waals surface area contributed by atoms with E-state index in [1.807, 2.05) is 27.0 Å². The van der Waals surface area contributed by atoms with Crippen molar-refractivity contribution in [1.29, 1.82) is 0 Å². The number of hydrogen-bond acceptors (Lipinski definition) is 5. The van der Waals surface area contributed by atoms with Crippen molar-refractivity contribution >= 4 is 40.9 Å². The molecule has 2 rings (SSSR count). The van der Waals surface area contributed by atoms with Gasteiger partial charge in [-0.05, 0) is 31.5 Å². The Morgan fingerprint density at radius 3 is 2.80 bits per heavy atom. The first-order chi connectivity index (χ1) is 11.9. The highest BCUT2D eigenvalue weighted by Gasteiger charge is 2.17. The van der Waals surface area contributed by atoms with Crippen LogP contribution in [-0.2, 0) is 16.6 Å². The molecule has 1 aromatic heterocycles. The predicted molar refractivity (Wildman–Crippen MR) is 98.8 cm³/mol. The SMILES string of the molecule is CCN(CC(=O)Nc1cc(Cl)ccc1C)C(=O)CSc1nncn1C.